The molecule has 19 heteroatoms. The Hall–Kier alpha value is -1.94. The molecule has 0 aliphatic carbocycles. The minimum Gasteiger partial charge on any atom is -0.462 e. The highest BCUT2D eigenvalue weighted by Gasteiger charge is 2.30. The summed E-state index contributed by atoms with van der Waals surface area (Å²) >= 11 is 0. The molecule has 103 heavy (non-hydrogen) atoms. The molecule has 0 aromatic rings. The van der Waals surface area contributed by atoms with Gasteiger partial charge in [0.1, 0.15) is 19.3 Å². The molecule has 0 aliphatic heterocycles. The number of ether oxygens (including phenoxy) is 4. The van der Waals surface area contributed by atoms with Crippen molar-refractivity contribution in [2.75, 3.05) is 39.6 Å². The normalized spacial score (nSPS) is 13.7. The van der Waals surface area contributed by atoms with Crippen LogP contribution >= 0.6 is 15.6 Å². The highest BCUT2D eigenvalue weighted by atomic mass is 31.2. The van der Waals surface area contributed by atoms with Crippen LogP contribution in [0.15, 0.2) is 0 Å². The van der Waals surface area contributed by atoms with Gasteiger partial charge in [0.25, 0.3) is 0 Å². The Morgan fingerprint density at radius 3 is 0.573 bits per heavy atom. The van der Waals surface area contributed by atoms with E-state index in [4.69, 9.17) is 37.0 Å². The molecule has 0 fully saturated rings. The molecule has 0 radical (unpaired) electrons. The van der Waals surface area contributed by atoms with Gasteiger partial charge in [-0.2, -0.15) is 0 Å². The van der Waals surface area contributed by atoms with Crippen LogP contribution in [0.1, 0.15) is 458 Å². The van der Waals surface area contributed by atoms with Crippen LogP contribution in [0.25, 0.3) is 0 Å². The number of carbonyl (C=O) groups excluding carboxylic acids is 4. The third kappa shape index (κ3) is 78.0. The summed E-state index contributed by atoms with van der Waals surface area (Å²) in [5, 5.41) is 10.6. The van der Waals surface area contributed by atoms with E-state index < -0.39 is 97.5 Å². The Labute approximate surface area is 632 Å². The molecule has 0 heterocycles. The first kappa shape index (κ1) is 101. The molecule has 0 saturated carbocycles. The predicted molar refractivity (Wildman–Crippen MR) is 423 cm³/mol. The number of phosphoric acid groups is 2. The summed E-state index contributed by atoms with van der Waals surface area (Å²) in [6.07, 6.45) is 72.5. The number of phosphoric ester groups is 2. The number of rotatable bonds is 85. The third-order valence-electron chi connectivity index (χ3n) is 19.9. The minimum atomic E-state index is -4.96. The molecule has 0 spiro atoms. The van der Waals surface area contributed by atoms with Gasteiger partial charge in [-0.15, -0.1) is 0 Å². The lowest BCUT2D eigenvalue weighted by Gasteiger charge is -2.21. The second kappa shape index (κ2) is 78.2. The summed E-state index contributed by atoms with van der Waals surface area (Å²) in [5.74, 6) is -2.11. The second-order valence-electron chi connectivity index (χ2n) is 30.2. The van der Waals surface area contributed by atoms with Gasteiger partial charge in [-0.05, 0) is 25.7 Å². The first-order chi connectivity index (χ1) is 50.2. The van der Waals surface area contributed by atoms with Gasteiger partial charge in [0.05, 0.1) is 26.4 Å². The molecule has 0 rings (SSSR count). The maximum Gasteiger partial charge on any atom is 0.472 e. The van der Waals surface area contributed by atoms with E-state index in [0.717, 1.165) is 103 Å². The first-order valence-electron chi connectivity index (χ1n) is 43.8. The first-order valence-corrected chi connectivity index (χ1v) is 46.8. The smallest absolute Gasteiger partial charge is 0.462 e. The molecular formula is C84H164O17P2. The summed E-state index contributed by atoms with van der Waals surface area (Å²) in [4.78, 5) is 73.0. The molecule has 0 aromatic heterocycles. The van der Waals surface area contributed by atoms with E-state index in [2.05, 4.69) is 27.7 Å². The van der Waals surface area contributed by atoms with Crippen LogP contribution in [-0.2, 0) is 65.4 Å². The van der Waals surface area contributed by atoms with Gasteiger partial charge in [0.15, 0.2) is 12.2 Å². The van der Waals surface area contributed by atoms with Gasteiger partial charge < -0.3 is 33.8 Å². The maximum absolute atomic E-state index is 13.1. The van der Waals surface area contributed by atoms with E-state index in [1.54, 1.807) is 0 Å². The van der Waals surface area contributed by atoms with Gasteiger partial charge in [-0.3, -0.25) is 37.3 Å². The number of aliphatic hydroxyl groups excluding tert-OH is 1. The Bertz CT molecular complexity index is 1950. The zero-order chi connectivity index (χ0) is 75.3. The van der Waals surface area contributed by atoms with E-state index in [1.165, 1.54) is 276 Å². The van der Waals surface area contributed by atoms with Crippen molar-refractivity contribution >= 4 is 39.5 Å². The Morgan fingerprint density at radius 2 is 0.388 bits per heavy atom. The molecular weight excluding hydrogens is 1340 g/mol. The molecule has 0 bridgehead atoms. The average Bonchev–Trinajstić information content (AvgIpc) is 0.929. The fourth-order valence-corrected chi connectivity index (χ4v) is 14.7. The molecule has 3 N–H and O–H groups in total. The van der Waals surface area contributed by atoms with Crippen molar-refractivity contribution in [2.24, 2.45) is 0 Å². The van der Waals surface area contributed by atoms with Gasteiger partial charge >= 0.3 is 39.5 Å². The monoisotopic (exact) mass is 1510 g/mol. The van der Waals surface area contributed by atoms with Crippen LogP contribution in [0.5, 0.6) is 0 Å². The fourth-order valence-electron chi connectivity index (χ4n) is 13.2. The van der Waals surface area contributed by atoms with Crippen LogP contribution in [0.4, 0.5) is 0 Å². The van der Waals surface area contributed by atoms with Crippen molar-refractivity contribution in [3.63, 3.8) is 0 Å². The van der Waals surface area contributed by atoms with Crippen molar-refractivity contribution in [1.82, 2.24) is 0 Å². The number of hydrogen-bond donors (Lipinski definition) is 3. The Morgan fingerprint density at radius 1 is 0.233 bits per heavy atom. The van der Waals surface area contributed by atoms with Gasteiger partial charge in [0.2, 0.25) is 0 Å². The Kier molecular flexibility index (Phi) is 76.7. The van der Waals surface area contributed by atoms with Crippen molar-refractivity contribution in [3.05, 3.63) is 0 Å². The van der Waals surface area contributed by atoms with Crippen molar-refractivity contribution in [1.29, 1.82) is 0 Å². The lowest BCUT2D eigenvalue weighted by atomic mass is 10.0. The molecule has 612 valence electrons. The van der Waals surface area contributed by atoms with Crippen LogP contribution in [0.3, 0.4) is 0 Å². The summed E-state index contributed by atoms with van der Waals surface area (Å²) in [7, 11) is -9.91. The topological polar surface area (TPSA) is 237 Å². The lowest BCUT2D eigenvalue weighted by Crippen LogP contribution is -2.30. The van der Waals surface area contributed by atoms with Gasteiger partial charge in [0, 0.05) is 25.7 Å². The summed E-state index contributed by atoms with van der Waals surface area (Å²) < 4.78 is 68.7. The van der Waals surface area contributed by atoms with Crippen molar-refractivity contribution in [2.45, 2.75) is 476 Å². The van der Waals surface area contributed by atoms with Crippen LogP contribution in [0, 0.1) is 0 Å². The molecule has 5 atom stereocenters. The number of unbranched alkanes of at least 4 members (excludes halogenated alkanes) is 59. The molecule has 0 saturated heterocycles. The summed E-state index contributed by atoms with van der Waals surface area (Å²) in [6, 6.07) is 0. The van der Waals surface area contributed by atoms with E-state index in [1.807, 2.05) is 0 Å². The highest BCUT2D eigenvalue weighted by Crippen LogP contribution is 2.45. The minimum absolute atomic E-state index is 0.108. The van der Waals surface area contributed by atoms with Crippen LogP contribution < -0.4 is 0 Å². The second-order valence-corrected chi connectivity index (χ2v) is 33.1. The maximum atomic E-state index is 13.1. The highest BCUT2D eigenvalue weighted by molar-refractivity contribution is 7.47. The van der Waals surface area contributed by atoms with E-state index in [-0.39, 0.29) is 25.7 Å². The number of hydrogen-bond acceptors (Lipinski definition) is 15. The number of carbonyl (C=O) groups is 4. The van der Waals surface area contributed by atoms with E-state index in [0.29, 0.717) is 25.7 Å². The van der Waals surface area contributed by atoms with Gasteiger partial charge in [-0.1, -0.05) is 407 Å². The van der Waals surface area contributed by atoms with Gasteiger partial charge in [-0.25, -0.2) is 9.13 Å². The van der Waals surface area contributed by atoms with Crippen LogP contribution in [0.2, 0.25) is 0 Å². The van der Waals surface area contributed by atoms with Crippen LogP contribution in [-0.4, -0.2) is 96.7 Å². The van der Waals surface area contributed by atoms with Crippen molar-refractivity contribution < 1.29 is 80.2 Å². The Balaban J connectivity index is 5.15. The zero-order valence-corrected chi connectivity index (χ0v) is 69.1. The number of esters is 4. The number of aliphatic hydroxyl groups is 1. The molecule has 17 nitrogen and oxygen atoms in total. The predicted octanol–water partition coefficient (Wildman–Crippen LogP) is 25.7. The van der Waals surface area contributed by atoms with E-state index >= 15 is 0 Å². The summed E-state index contributed by atoms with van der Waals surface area (Å²) in [5.41, 5.74) is 0. The van der Waals surface area contributed by atoms with E-state index in [9.17, 15) is 43.2 Å². The third-order valence-corrected chi connectivity index (χ3v) is 21.8. The standard InChI is InChI=1S/C84H164O17P2/c1-5-9-13-17-21-24-27-30-33-35-37-39-40-42-44-46-49-52-55-59-63-67-71-84(89)101-80(75-95-82(87)69-65-61-57-53-50-48-45-43-41-38-36-34-31-28-25-22-18-14-10-6-2)77-99-103(92,93)97-73-78(85)72-96-102(90,91)98-76-79(74-94-81(86)68-64-60-56-20-16-12-8-4)100-83(88)70-66-62-58-54-51-47-32-29-26-23-19-15-11-7-3/h78-80,85H,5-77H2,1-4H3,(H,90,91)(H,92,93)/t78-,79+,80+/m0/s1. The fraction of sp³-hybridized carbons (Fsp3) is 0.952. The molecule has 2 unspecified atom stereocenters. The van der Waals surface area contributed by atoms with Crippen molar-refractivity contribution in [3.8, 4) is 0 Å². The quantitative estimate of drug-likeness (QED) is 0.0222. The molecule has 0 aromatic carbocycles. The summed E-state index contributed by atoms with van der Waals surface area (Å²) in [6.45, 7) is 5.00. The SMILES string of the molecule is CCCCCCCCCCCCCCCCCCCCCCCCC(=O)O[C@H](COC(=O)CCCCCCCCCCCCCCCCCCCCCC)COP(=O)(O)OC[C@@H](O)COP(=O)(O)OC[C@@H](COC(=O)CCCCCCCCC)OC(=O)CCCCCCCCCCCCCCCC. The average molecular weight is 1510 g/mol. The zero-order valence-electron chi connectivity index (χ0n) is 67.3. The largest absolute Gasteiger partial charge is 0.472 e. The lowest BCUT2D eigenvalue weighted by molar-refractivity contribution is -0.161. The molecule has 0 amide bonds. The molecule has 0 aliphatic rings.